The summed E-state index contributed by atoms with van der Waals surface area (Å²) in [6.07, 6.45) is 0.446. The number of rotatable bonds is 4. The van der Waals surface area contributed by atoms with Crippen LogP contribution < -0.4 is 9.64 Å². The Bertz CT molecular complexity index is 727. The molecule has 0 aliphatic carbocycles. The van der Waals surface area contributed by atoms with Gasteiger partial charge in [-0.15, -0.1) is 0 Å². The number of carbonyl (C=O) groups excluding carboxylic acids is 1. The van der Waals surface area contributed by atoms with E-state index in [0.29, 0.717) is 12.5 Å². The Labute approximate surface area is 150 Å². The van der Waals surface area contributed by atoms with Crippen LogP contribution in [-0.2, 0) is 11.2 Å². The highest BCUT2D eigenvalue weighted by Crippen LogP contribution is 2.22. The van der Waals surface area contributed by atoms with Gasteiger partial charge in [0.15, 0.2) is 0 Å². The molecule has 1 aliphatic heterocycles. The van der Waals surface area contributed by atoms with Crippen LogP contribution in [0, 0.1) is 6.92 Å². The zero-order chi connectivity index (χ0) is 17.8. The van der Waals surface area contributed by atoms with Gasteiger partial charge in [-0.1, -0.05) is 24.3 Å². The molecule has 3 rings (SSSR count). The van der Waals surface area contributed by atoms with Gasteiger partial charge in [0.2, 0.25) is 5.91 Å². The molecule has 4 heteroatoms. The number of hydrogen-bond donors (Lipinski definition) is 0. The summed E-state index contributed by atoms with van der Waals surface area (Å²) in [5.74, 6) is 1.01. The highest BCUT2D eigenvalue weighted by Gasteiger charge is 2.26. The highest BCUT2D eigenvalue weighted by atomic mass is 16.5. The first-order valence-electron chi connectivity index (χ1n) is 8.81. The van der Waals surface area contributed by atoms with E-state index in [2.05, 4.69) is 43.0 Å². The summed E-state index contributed by atoms with van der Waals surface area (Å²) in [6, 6.07) is 16.6. The normalized spacial score (nSPS) is 17.5. The Morgan fingerprint density at radius 1 is 1.16 bits per heavy atom. The quantitative estimate of drug-likeness (QED) is 0.858. The molecule has 0 radical (unpaired) electrons. The molecule has 0 bridgehead atoms. The van der Waals surface area contributed by atoms with Crippen molar-refractivity contribution in [3.8, 4) is 5.75 Å². The molecule has 1 fully saturated rings. The number of aryl methyl sites for hydroxylation is 1. The summed E-state index contributed by atoms with van der Waals surface area (Å²) in [6.45, 7) is 6.72. The standard InChI is InChI=1S/C21H26N2O2/c1-16-5-4-6-19(13-16)23-12-11-22(15-17(23)2)21(24)14-18-7-9-20(25-3)10-8-18/h4-10,13,17H,11-12,14-15H2,1-3H3. The van der Waals surface area contributed by atoms with E-state index in [9.17, 15) is 4.79 Å². The second kappa shape index (κ2) is 7.60. The van der Waals surface area contributed by atoms with E-state index in [-0.39, 0.29) is 5.91 Å². The third-order valence-corrected chi connectivity index (χ3v) is 4.83. The first-order chi connectivity index (χ1) is 12.1. The Kier molecular flexibility index (Phi) is 5.27. The monoisotopic (exact) mass is 338 g/mol. The summed E-state index contributed by atoms with van der Waals surface area (Å²) in [5, 5.41) is 0. The molecular formula is C21H26N2O2. The van der Waals surface area contributed by atoms with Crippen molar-refractivity contribution in [2.45, 2.75) is 26.3 Å². The first kappa shape index (κ1) is 17.3. The maximum atomic E-state index is 12.6. The highest BCUT2D eigenvalue weighted by molar-refractivity contribution is 5.79. The fourth-order valence-corrected chi connectivity index (χ4v) is 3.40. The average molecular weight is 338 g/mol. The van der Waals surface area contributed by atoms with Crippen molar-refractivity contribution in [2.75, 3.05) is 31.6 Å². The second-order valence-electron chi connectivity index (χ2n) is 6.75. The molecule has 132 valence electrons. The predicted octanol–water partition coefficient (Wildman–Crippen LogP) is 3.28. The third-order valence-electron chi connectivity index (χ3n) is 4.83. The summed E-state index contributed by atoms with van der Waals surface area (Å²) in [4.78, 5) is 17.0. The zero-order valence-corrected chi connectivity index (χ0v) is 15.2. The SMILES string of the molecule is COc1ccc(CC(=O)N2CCN(c3cccc(C)c3)C(C)C2)cc1. The number of benzene rings is 2. The number of hydrogen-bond acceptors (Lipinski definition) is 3. The van der Waals surface area contributed by atoms with Crippen LogP contribution in [0.5, 0.6) is 5.75 Å². The smallest absolute Gasteiger partial charge is 0.227 e. The topological polar surface area (TPSA) is 32.8 Å². The van der Waals surface area contributed by atoms with Crippen LogP contribution in [0.15, 0.2) is 48.5 Å². The summed E-state index contributed by atoms with van der Waals surface area (Å²) in [7, 11) is 1.65. The Hall–Kier alpha value is -2.49. The minimum Gasteiger partial charge on any atom is -0.497 e. The Morgan fingerprint density at radius 3 is 2.56 bits per heavy atom. The van der Waals surface area contributed by atoms with Gasteiger partial charge < -0.3 is 14.5 Å². The molecule has 0 spiro atoms. The predicted molar refractivity (Wildman–Crippen MR) is 101 cm³/mol. The fourth-order valence-electron chi connectivity index (χ4n) is 3.40. The molecule has 1 unspecified atom stereocenters. The van der Waals surface area contributed by atoms with Crippen LogP contribution in [0.25, 0.3) is 0 Å². The molecule has 1 atom stereocenters. The van der Waals surface area contributed by atoms with Crippen LogP contribution in [0.1, 0.15) is 18.1 Å². The lowest BCUT2D eigenvalue weighted by molar-refractivity contribution is -0.131. The number of piperazine rings is 1. The van der Waals surface area contributed by atoms with Crippen LogP contribution in [-0.4, -0.2) is 43.6 Å². The van der Waals surface area contributed by atoms with Gasteiger partial charge >= 0.3 is 0 Å². The lowest BCUT2D eigenvalue weighted by atomic mass is 10.1. The van der Waals surface area contributed by atoms with E-state index >= 15 is 0 Å². The summed E-state index contributed by atoms with van der Waals surface area (Å²) >= 11 is 0. The number of carbonyl (C=O) groups is 1. The van der Waals surface area contributed by atoms with Gasteiger partial charge in [0, 0.05) is 31.4 Å². The zero-order valence-electron chi connectivity index (χ0n) is 15.2. The van der Waals surface area contributed by atoms with Crippen LogP contribution in [0.2, 0.25) is 0 Å². The summed E-state index contributed by atoms with van der Waals surface area (Å²) in [5.41, 5.74) is 3.54. The van der Waals surface area contributed by atoms with E-state index in [1.165, 1.54) is 11.3 Å². The molecule has 0 N–H and O–H groups in total. The third kappa shape index (κ3) is 4.13. The van der Waals surface area contributed by atoms with Gasteiger partial charge in [-0.2, -0.15) is 0 Å². The fraction of sp³-hybridized carbons (Fsp3) is 0.381. The molecule has 2 aromatic rings. The van der Waals surface area contributed by atoms with Gasteiger partial charge in [0.25, 0.3) is 0 Å². The van der Waals surface area contributed by atoms with Crippen molar-refractivity contribution in [2.24, 2.45) is 0 Å². The number of anilines is 1. The molecule has 0 aromatic heterocycles. The number of ether oxygens (including phenoxy) is 1. The number of amides is 1. The van der Waals surface area contributed by atoms with E-state index in [4.69, 9.17) is 4.74 Å². The van der Waals surface area contributed by atoms with Crippen LogP contribution in [0.4, 0.5) is 5.69 Å². The van der Waals surface area contributed by atoms with Gasteiger partial charge in [0.05, 0.1) is 13.5 Å². The molecule has 25 heavy (non-hydrogen) atoms. The van der Waals surface area contributed by atoms with Crippen LogP contribution >= 0.6 is 0 Å². The maximum absolute atomic E-state index is 12.6. The minimum absolute atomic E-state index is 0.195. The summed E-state index contributed by atoms with van der Waals surface area (Å²) < 4.78 is 5.17. The minimum atomic E-state index is 0.195. The number of nitrogens with zero attached hydrogens (tertiary/aromatic N) is 2. The van der Waals surface area contributed by atoms with Crippen molar-refractivity contribution in [3.63, 3.8) is 0 Å². The van der Waals surface area contributed by atoms with Gasteiger partial charge in [-0.3, -0.25) is 4.79 Å². The first-order valence-corrected chi connectivity index (χ1v) is 8.81. The Morgan fingerprint density at radius 2 is 1.92 bits per heavy atom. The van der Waals surface area contributed by atoms with Crippen molar-refractivity contribution in [1.82, 2.24) is 4.90 Å². The second-order valence-corrected chi connectivity index (χ2v) is 6.75. The average Bonchev–Trinajstić information content (AvgIpc) is 2.62. The van der Waals surface area contributed by atoms with Crippen molar-refractivity contribution < 1.29 is 9.53 Å². The molecule has 1 aliphatic rings. The van der Waals surface area contributed by atoms with E-state index in [1.54, 1.807) is 7.11 Å². The molecular weight excluding hydrogens is 312 g/mol. The molecule has 1 amide bonds. The largest absolute Gasteiger partial charge is 0.497 e. The van der Waals surface area contributed by atoms with E-state index < -0.39 is 0 Å². The van der Waals surface area contributed by atoms with E-state index in [0.717, 1.165) is 30.9 Å². The van der Waals surface area contributed by atoms with Crippen molar-refractivity contribution in [3.05, 3.63) is 59.7 Å². The van der Waals surface area contributed by atoms with Gasteiger partial charge in [0.1, 0.15) is 5.75 Å². The lowest BCUT2D eigenvalue weighted by Gasteiger charge is -2.41. The van der Waals surface area contributed by atoms with E-state index in [1.807, 2.05) is 29.2 Å². The van der Waals surface area contributed by atoms with Gasteiger partial charge in [-0.25, -0.2) is 0 Å². The molecule has 4 nitrogen and oxygen atoms in total. The molecule has 0 saturated carbocycles. The maximum Gasteiger partial charge on any atom is 0.227 e. The van der Waals surface area contributed by atoms with Crippen LogP contribution in [0.3, 0.4) is 0 Å². The molecule has 2 aromatic carbocycles. The van der Waals surface area contributed by atoms with Crippen molar-refractivity contribution in [1.29, 1.82) is 0 Å². The lowest BCUT2D eigenvalue weighted by Crippen LogP contribution is -2.54. The van der Waals surface area contributed by atoms with Crippen molar-refractivity contribution >= 4 is 11.6 Å². The van der Waals surface area contributed by atoms with Gasteiger partial charge in [-0.05, 0) is 49.2 Å². The molecule has 1 saturated heterocycles. The number of methoxy groups -OCH3 is 1. The molecule has 1 heterocycles. The Balaban J connectivity index is 1.60.